The van der Waals surface area contributed by atoms with Crippen molar-refractivity contribution >= 4 is 29.1 Å². The van der Waals surface area contributed by atoms with Crippen LogP contribution in [-0.2, 0) is 6.54 Å². The van der Waals surface area contributed by atoms with E-state index in [9.17, 15) is 4.79 Å². The van der Waals surface area contributed by atoms with Gasteiger partial charge in [-0.2, -0.15) is 23.1 Å². The van der Waals surface area contributed by atoms with Gasteiger partial charge in [-0.05, 0) is 47.9 Å². The molecule has 1 fully saturated rings. The average Bonchev–Trinajstić information content (AvgIpc) is 2.95. The zero-order valence-corrected chi connectivity index (χ0v) is 11.6. The van der Waals surface area contributed by atoms with Crippen LogP contribution in [0.3, 0.4) is 0 Å². The Labute approximate surface area is 110 Å². The Morgan fingerprint density at radius 3 is 3.06 bits per heavy atom. The highest BCUT2D eigenvalue weighted by molar-refractivity contribution is 8.00. The molecule has 1 atom stereocenters. The second-order valence-corrected chi connectivity index (χ2v) is 7.03. The molecule has 5 heteroatoms. The molecule has 0 bridgehead atoms. The summed E-state index contributed by atoms with van der Waals surface area (Å²) in [6.45, 7) is 3.59. The maximum atomic E-state index is 11.6. The average molecular weight is 270 g/mol. The summed E-state index contributed by atoms with van der Waals surface area (Å²) in [5.41, 5.74) is 1.16. The summed E-state index contributed by atoms with van der Waals surface area (Å²) in [6.07, 6.45) is 2.46. The molecule has 17 heavy (non-hydrogen) atoms. The van der Waals surface area contributed by atoms with E-state index in [4.69, 9.17) is 0 Å². The van der Waals surface area contributed by atoms with Crippen LogP contribution < -0.4 is 10.6 Å². The van der Waals surface area contributed by atoms with Crippen molar-refractivity contribution in [2.45, 2.75) is 31.1 Å². The number of hydrogen-bond donors (Lipinski definition) is 2. The molecule has 0 spiro atoms. The Kier molecular flexibility index (Phi) is 4.34. The quantitative estimate of drug-likeness (QED) is 0.883. The highest BCUT2D eigenvalue weighted by Crippen LogP contribution is 2.36. The lowest BCUT2D eigenvalue weighted by Crippen LogP contribution is -2.42. The topological polar surface area (TPSA) is 41.1 Å². The summed E-state index contributed by atoms with van der Waals surface area (Å²) in [4.78, 5) is 11.6. The van der Waals surface area contributed by atoms with Crippen molar-refractivity contribution in [3.05, 3.63) is 22.4 Å². The van der Waals surface area contributed by atoms with E-state index >= 15 is 0 Å². The van der Waals surface area contributed by atoms with Gasteiger partial charge in [0.15, 0.2) is 0 Å². The van der Waals surface area contributed by atoms with E-state index in [1.165, 1.54) is 18.6 Å². The summed E-state index contributed by atoms with van der Waals surface area (Å²) in [5.74, 6) is 1.22. The standard InChI is InChI=1S/C12H18N2OS2/c1-12(4-2-5-17-12)9-14-11(15)13-7-10-3-6-16-8-10/h3,6,8H,2,4-5,7,9H2,1H3,(H2,13,14,15)/t12-/m0/s1. The summed E-state index contributed by atoms with van der Waals surface area (Å²) >= 11 is 3.61. The minimum absolute atomic E-state index is 0.0649. The molecular weight excluding hydrogens is 252 g/mol. The Balaban J connectivity index is 1.67. The predicted molar refractivity (Wildman–Crippen MR) is 74.7 cm³/mol. The molecule has 2 heterocycles. The molecule has 2 N–H and O–H groups in total. The van der Waals surface area contributed by atoms with Crippen molar-refractivity contribution in [2.75, 3.05) is 12.3 Å². The molecule has 1 aromatic rings. The Hall–Kier alpha value is -0.680. The van der Waals surface area contributed by atoms with Crippen LogP contribution in [0.15, 0.2) is 16.8 Å². The number of carbonyl (C=O) groups excluding carboxylic acids is 1. The predicted octanol–water partition coefficient (Wildman–Crippen LogP) is 2.83. The minimum atomic E-state index is -0.0649. The number of amides is 2. The van der Waals surface area contributed by atoms with Gasteiger partial charge in [0.2, 0.25) is 0 Å². The number of nitrogens with one attached hydrogen (secondary N) is 2. The zero-order valence-electron chi connectivity index (χ0n) is 9.99. The van der Waals surface area contributed by atoms with E-state index in [1.54, 1.807) is 11.3 Å². The number of thioether (sulfide) groups is 1. The van der Waals surface area contributed by atoms with Gasteiger partial charge in [-0.25, -0.2) is 4.79 Å². The molecule has 0 saturated carbocycles. The van der Waals surface area contributed by atoms with E-state index in [-0.39, 0.29) is 10.8 Å². The van der Waals surface area contributed by atoms with Gasteiger partial charge in [0.1, 0.15) is 0 Å². The molecule has 94 valence electrons. The van der Waals surface area contributed by atoms with Crippen LogP contribution in [-0.4, -0.2) is 23.1 Å². The van der Waals surface area contributed by atoms with Crippen LogP contribution in [0.4, 0.5) is 4.79 Å². The molecule has 2 amide bonds. The maximum Gasteiger partial charge on any atom is 0.315 e. The molecule has 3 nitrogen and oxygen atoms in total. The van der Waals surface area contributed by atoms with Gasteiger partial charge in [0.25, 0.3) is 0 Å². The van der Waals surface area contributed by atoms with Crippen LogP contribution >= 0.6 is 23.1 Å². The van der Waals surface area contributed by atoms with Crippen LogP contribution in [0.1, 0.15) is 25.3 Å². The number of rotatable bonds is 4. The molecule has 0 unspecified atom stereocenters. The van der Waals surface area contributed by atoms with Gasteiger partial charge < -0.3 is 10.6 Å². The third-order valence-corrected chi connectivity index (χ3v) is 5.23. The van der Waals surface area contributed by atoms with E-state index in [0.717, 1.165) is 12.1 Å². The summed E-state index contributed by atoms with van der Waals surface area (Å²) in [6, 6.07) is 1.96. The van der Waals surface area contributed by atoms with Crippen LogP contribution in [0.5, 0.6) is 0 Å². The zero-order chi connectivity index (χ0) is 12.1. The first-order chi connectivity index (χ1) is 8.18. The van der Waals surface area contributed by atoms with E-state index in [1.807, 2.05) is 23.2 Å². The number of hydrogen-bond acceptors (Lipinski definition) is 3. The molecule has 0 radical (unpaired) electrons. The lowest BCUT2D eigenvalue weighted by atomic mass is 10.1. The summed E-state index contributed by atoms with van der Waals surface area (Å²) < 4.78 is 0.236. The Morgan fingerprint density at radius 1 is 1.53 bits per heavy atom. The molecule has 0 aliphatic carbocycles. The molecule has 1 aromatic heterocycles. The largest absolute Gasteiger partial charge is 0.337 e. The van der Waals surface area contributed by atoms with E-state index in [2.05, 4.69) is 22.9 Å². The smallest absolute Gasteiger partial charge is 0.315 e. The summed E-state index contributed by atoms with van der Waals surface area (Å²) in [7, 11) is 0. The van der Waals surface area contributed by atoms with Gasteiger partial charge in [0.05, 0.1) is 0 Å². The molecule has 1 aliphatic heterocycles. The Bertz CT molecular complexity index is 359. The monoisotopic (exact) mass is 270 g/mol. The number of urea groups is 1. The SMILES string of the molecule is C[C@@]1(CNC(=O)NCc2ccsc2)CCCS1. The summed E-state index contributed by atoms with van der Waals surface area (Å²) in [5, 5.41) is 9.90. The fraction of sp³-hybridized carbons (Fsp3) is 0.583. The lowest BCUT2D eigenvalue weighted by molar-refractivity contribution is 0.239. The lowest BCUT2D eigenvalue weighted by Gasteiger charge is -2.22. The number of thiophene rings is 1. The van der Waals surface area contributed by atoms with Gasteiger partial charge in [-0.1, -0.05) is 0 Å². The third kappa shape index (κ3) is 3.92. The number of carbonyl (C=O) groups is 1. The molecular formula is C12H18N2OS2. The molecule has 1 aliphatic rings. The highest BCUT2D eigenvalue weighted by atomic mass is 32.2. The van der Waals surface area contributed by atoms with Gasteiger partial charge in [-0.3, -0.25) is 0 Å². The van der Waals surface area contributed by atoms with E-state index in [0.29, 0.717) is 6.54 Å². The normalized spacial score (nSPS) is 23.6. The van der Waals surface area contributed by atoms with Gasteiger partial charge >= 0.3 is 6.03 Å². The third-order valence-electron chi connectivity index (χ3n) is 2.96. The molecule has 0 aromatic carbocycles. The fourth-order valence-electron chi connectivity index (χ4n) is 1.88. The molecule has 2 rings (SSSR count). The second kappa shape index (κ2) is 5.78. The van der Waals surface area contributed by atoms with Crippen molar-refractivity contribution in [1.82, 2.24) is 10.6 Å². The Morgan fingerprint density at radius 2 is 2.41 bits per heavy atom. The minimum Gasteiger partial charge on any atom is -0.337 e. The second-order valence-electron chi connectivity index (χ2n) is 4.57. The van der Waals surface area contributed by atoms with Gasteiger partial charge in [0, 0.05) is 17.8 Å². The fourth-order valence-corrected chi connectivity index (χ4v) is 3.79. The molecule has 1 saturated heterocycles. The first-order valence-corrected chi connectivity index (χ1v) is 7.78. The van der Waals surface area contributed by atoms with Crippen molar-refractivity contribution < 1.29 is 4.79 Å². The van der Waals surface area contributed by atoms with E-state index < -0.39 is 0 Å². The van der Waals surface area contributed by atoms with Crippen LogP contribution in [0.25, 0.3) is 0 Å². The highest BCUT2D eigenvalue weighted by Gasteiger charge is 2.29. The van der Waals surface area contributed by atoms with Gasteiger partial charge in [-0.15, -0.1) is 0 Å². The van der Waals surface area contributed by atoms with Crippen molar-refractivity contribution in [1.29, 1.82) is 0 Å². The van der Waals surface area contributed by atoms with Crippen LogP contribution in [0, 0.1) is 0 Å². The van der Waals surface area contributed by atoms with Crippen molar-refractivity contribution in [2.24, 2.45) is 0 Å². The first kappa shape index (κ1) is 12.8. The van der Waals surface area contributed by atoms with Crippen LogP contribution in [0.2, 0.25) is 0 Å². The maximum absolute atomic E-state index is 11.6. The van der Waals surface area contributed by atoms with Crippen molar-refractivity contribution in [3.63, 3.8) is 0 Å². The first-order valence-electron chi connectivity index (χ1n) is 5.85. The van der Waals surface area contributed by atoms with Crippen molar-refractivity contribution in [3.8, 4) is 0 Å².